The van der Waals surface area contributed by atoms with E-state index in [2.05, 4.69) is 19.2 Å². The average molecular weight is 284 g/mol. The van der Waals surface area contributed by atoms with E-state index < -0.39 is 0 Å². The molecule has 5 heteroatoms. The molecule has 0 saturated heterocycles. The van der Waals surface area contributed by atoms with Gasteiger partial charge in [-0.05, 0) is 30.5 Å². The van der Waals surface area contributed by atoms with Crippen LogP contribution in [0.3, 0.4) is 0 Å². The van der Waals surface area contributed by atoms with Crippen molar-refractivity contribution in [3.8, 4) is 11.5 Å². The fourth-order valence-corrected chi connectivity index (χ4v) is 2.37. The van der Waals surface area contributed by atoms with Crippen LogP contribution in [0.15, 0.2) is 18.2 Å². The molecule has 0 saturated carbocycles. The highest BCUT2D eigenvalue weighted by molar-refractivity contribution is 6.21. The van der Waals surface area contributed by atoms with E-state index in [1.807, 2.05) is 0 Å². The molecule has 0 radical (unpaired) electrons. The number of benzene rings is 1. The highest BCUT2D eigenvalue weighted by atomic mass is 35.5. The fourth-order valence-electron chi connectivity index (χ4n) is 1.94. The summed E-state index contributed by atoms with van der Waals surface area (Å²) >= 11 is 6.14. The lowest BCUT2D eigenvalue weighted by Gasteiger charge is -2.13. The maximum atomic E-state index is 12.0. The molecule has 4 nitrogen and oxygen atoms in total. The van der Waals surface area contributed by atoms with E-state index >= 15 is 0 Å². The zero-order chi connectivity index (χ0) is 13.8. The van der Waals surface area contributed by atoms with E-state index in [0.29, 0.717) is 29.5 Å². The van der Waals surface area contributed by atoms with Crippen LogP contribution in [0.5, 0.6) is 11.5 Å². The van der Waals surface area contributed by atoms with Crippen molar-refractivity contribution in [3.63, 3.8) is 0 Å². The number of rotatable bonds is 5. The minimum atomic E-state index is -0.146. The average Bonchev–Trinajstić information content (AvgIpc) is 2.82. The minimum absolute atomic E-state index is 0.0436. The quantitative estimate of drug-likeness (QED) is 0.845. The topological polar surface area (TPSA) is 47.6 Å². The number of carbonyl (C=O) groups excluding carboxylic acids is 1. The summed E-state index contributed by atoms with van der Waals surface area (Å²) in [5, 5.41) is 2.78. The molecule has 2 rings (SSSR count). The van der Waals surface area contributed by atoms with Crippen LogP contribution in [0.25, 0.3) is 0 Å². The Kier molecular flexibility index (Phi) is 4.53. The first-order valence-electron chi connectivity index (χ1n) is 6.38. The molecule has 1 atom stereocenters. The lowest BCUT2D eigenvalue weighted by Crippen LogP contribution is -2.30. The van der Waals surface area contributed by atoms with Gasteiger partial charge >= 0.3 is 0 Å². The van der Waals surface area contributed by atoms with Crippen molar-refractivity contribution < 1.29 is 14.3 Å². The summed E-state index contributed by atoms with van der Waals surface area (Å²) in [6.45, 7) is 4.88. The molecule has 1 amide bonds. The normalized spacial score (nSPS) is 14.5. The summed E-state index contributed by atoms with van der Waals surface area (Å²) in [6.07, 6.45) is 0.878. The van der Waals surface area contributed by atoms with Gasteiger partial charge in [0.1, 0.15) is 0 Å². The zero-order valence-corrected chi connectivity index (χ0v) is 11.9. The van der Waals surface area contributed by atoms with Crippen molar-refractivity contribution >= 4 is 17.5 Å². The first kappa shape index (κ1) is 14.0. The van der Waals surface area contributed by atoms with E-state index in [1.165, 1.54) is 0 Å². The van der Waals surface area contributed by atoms with Crippen molar-refractivity contribution in [1.82, 2.24) is 5.32 Å². The summed E-state index contributed by atoms with van der Waals surface area (Å²) in [5.41, 5.74) is 0.553. The molecule has 1 aromatic rings. The SMILES string of the molecule is CC(C)CC(Cl)CNC(=O)c1ccc2c(c1)OCO2. The van der Waals surface area contributed by atoms with E-state index in [0.717, 1.165) is 6.42 Å². The second-order valence-electron chi connectivity index (χ2n) is 5.00. The Hall–Kier alpha value is -1.42. The molecule has 1 unspecified atom stereocenters. The molecule has 1 N–H and O–H groups in total. The van der Waals surface area contributed by atoms with Gasteiger partial charge in [-0.3, -0.25) is 4.79 Å². The third-order valence-electron chi connectivity index (χ3n) is 2.85. The molecule has 0 spiro atoms. The van der Waals surface area contributed by atoms with E-state index in [1.54, 1.807) is 18.2 Å². The molecule has 1 aromatic carbocycles. The van der Waals surface area contributed by atoms with Crippen LogP contribution in [0, 0.1) is 5.92 Å². The van der Waals surface area contributed by atoms with Crippen LogP contribution in [-0.4, -0.2) is 24.6 Å². The van der Waals surface area contributed by atoms with Crippen LogP contribution >= 0.6 is 11.6 Å². The van der Waals surface area contributed by atoms with Gasteiger partial charge in [-0.25, -0.2) is 0 Å². The summed E-state index contributed by atoms with van der Waals surface area (Å²) < 4.78 is 10.4. The molecule has 0 fully saturated rings. The number of fused-ring (bicyclic) bond motifs is 1. The number of halogens is 1. The van der Waals surface area contributed by atoms with Crippen molar-refractivity contribution in [1.29, 1.82) is 0 Å². The predicted molar refractivity (Wildman–Crippen MR) is 74.0 cm³/mol. The monoisotopic (exact) mass is 283 g/mol. The zero-order valence-electron chi connectivity index (χ0n) is 11.1. The molecule has 1 heterocycles. The summed E-state index contributed by atoms with van der Waals surface area (Å²) in [7, 11) is 0. The Morgan fingerprint density at radius 2 is 2.11 bits per heavy atom. The van der Waals surface area contributed by atoms with E-state index in [-0.39, 0.29) is 18.1 Å². The summed E-state index contributed by atoms with van der Waals surface area (Å²) in [4.78, 5) is 12.0. The Labute approximate surface area is 118 Å². The van der Waals surface area contributed by atoms with Gasteiger partial charge in [0.05, 0.1) is 5.38 Å². The van der Waals surface area contributed by atoms with Crippen molar-refractivity contribution in [2.24, 2.45) is 5.92 Å². The van der Waals surface area contributed by atoms with Crippen molar-refractivity contribution in [2.75, 3.05) is 13.3 Å². The van der Waals surface area contributed by atoms with Gasteiger partial charge in [-0.2, -0.15) is 0 Å². The first-order chi connectivity index (χ1) is 9.06. The van der Waals surface area contributed by atoms with Crippen molar-refractivity contribution in [3.05, 3.63) is 23.8 Å². The van der Waals surface area contributed by atoms with Crippen molar-refractivity contribution in [2.45, 2.75) is 25.6 Å². The maximum absolute atomic E-state index is 12.0. The number of carbonyl (C=O) groups is 1. The second kappa shape index (κ2) is 6.15. The molecule has 0 aromatic heterocycles. The van der Waals surface area contributed by atoms with Gasteiger partial charge in [0.15, 0.2) is 11.5 Å². The smallest absolute Gasteiger partial charge is 0.251 e. The molecule has 19 heavy (non-hydrogen) atoms. The van der Waals surface area contributed by atoms with Gasteiger partial charge in [0.25, 0.3) is 5.91 Å². The van der Waals surface area contributed by atoms with Crippen LogP contribution in [0.4, 0.5) is 0 Å². The molecule has 1 aliphatic heterocycles. The van der Waals surface area contributed by atoms with Gasteiger partial charge in [0.2, 0.25) is 6.79 Å². The standard InChI is InChI=1S/C14H18ClNO3/c1-9(2)5-11(15)7-16-14(17)10-3-4-12-13(6-10)19-8-18-12/h3-4,6,9,11H,5,7-8H2,1-2H3,(H,16,17). The third-order valence-corrected chi connectivity index (χ3v) is 3.18. The number of amides is 1. The van der Waals surface area contributed by atoms with E-state index in [9.17, 15) is 4.79 Å². The molecular weight excluding hydrogens is 266 g/mol. The van der Waals surface area contributed by atoms with Gasteiger partial charge < -0.3 is 14.8 Å². The lowest BCUT2D eigenvalue weighted by molar-refractivity contribution is 0.0952. The van der Waals surface area contributed by atoms with Crippen LogP contribution < -0.4 is 14.8 Å². The van der Waals surface area contributed by atoms with E-state index in [4.69, 9.17) is 21.1 Å². The molecular formula is C14H18ClNO3. The predicted octanol–water partition coefficient (Wildman–Crippen LogP) is 2.80. The van der Waals surface area contributed by atoms with Gasteiger partial charge in [-0.1, -0.05) is 13.8 Å². The second-order valence-corrected chi connectivity index (χ2v) is 5.62. The number of alkyl halides is 1. The number of nitrogens with one attached hydrogen (secondary N) is 1. The number of ether oxygens (including phenoxy) is 2. The van der Waals surface area contributed by atoms with Gasteiger partial charge in [0, 0.05) is 12.1 Å². The fraction of sp³-hybridized carbons (Fsp3) is 0.500. The number of hydrogen-bond donors (Lipinski definition) is 1. The largest absolute Gasteiger partial charge is 0.454 e. The Balaban J connectivity index is 1.90. The van der Waals surface area contributed by atoms with Gasteiger partial charge in [-0.15, -0.1) is 11.6 Å². The Morgan fingerprint density at radius 3 is 2.84 bits per heavy atom. The Bertz CT molecular complexity index is 462. The highest BCUT2D eigenvalue weighted by Crippen LogP contribution is 2.32. The summed E-state index contributed by atoms with van der Waals surface area (Å²) in [6, 6.07) is 5.14. The highest BCUT2D eigenvalue weighted by Gasteiger charge is 2.16. The first-order valence-corrected chi connectivity index (χ1v) is 6.82. The minimum Gasteiger partial charge on any atom is -0.454 e. The molecule has 0 aliphatic carbocycles. The summed E-state index contributed by atoms with van der Waals surface area (Å²) in [5.74, 6) is 1.65. The third kappa shape index (κ3) is 3.77. The molecule has 1 aliphatic rings. The van der Waals surface area contributed by atoms with Crippen LogP contribution in [0.1, 0.15) is 30.6 Å². The van der Waals surface area contributed by atoms with Crippen LogP contribution in [-0.2, 0) is 0 Å². The lowest BCUT2D eigenvalue weighted by atomic mass is 10.1. The molecule has 0 bridgehead atoms. The number of hydrogen-bond acceptors (Lipinski definition) is 3. The Morgan fingerprint density at radius 1 is 1.37 bits per heavy atom. The molecule has 104 valence electrons. The van der Waals surface area contributed by atoms with Crippen LogP contribution in [0.2, 0.25) is 0 Å². The maximum Gasteiger partial charge on any atom is 0.251 e.